The minimum Gasteiger partial charge on any atom is -0.452 e. The molecule has 9 heteroatoms. The normalized spacial score (nSPS) is 11.1. The van der Waals surface area contributed by atoms with Crippen molar-refractivity contribution in [2.75, 3.05) is 19.7 Å². The highest BCUT2D eigenvalue weighted by atomic mass is 32.2. The Morgan fingerprint density at radius 2 is 1.75 bits per heavy atom. The first-order chi connectivity index (χ1) is 13.3. The van der Waals surface area contributed by atoms with Crippen LogP contribution in [0.1, 0.15) is 22.8 Å². The Labute approximate surface area is 163 Å². The fraction of sp³-hybridized carbons (Fsp3) is 0.263. The van der Waals surface area contributed by atoms with Crippen molar-refractivity contribution in [2.45, 2.75) is 18.2 Å². The third-order valence-electron chi connectivity index (χ3n) is 3.74. The van der Waals surface area contributed by atoms with Crippen molar-refractivity contribution in [3.8, 4) is 0 Å². The van der Waals surface area contributed by atoms with E-state index in [0.717, 1.165) is 0 Å². The Morgan fingerprint density at radius 3 is 2.39 bits per heavy atom. The van der Waals surface area contributed by atoms with E-state index < -0.39 is 28.5 Å². The zero-order valence-electron chi connectivity index (χ0n) is 15.3. The highest BCUT2D eigenvalue weighted by molar-refractivity contribution is 7.89. The third-order valence-corrected chi connectivity index (χ3v) is 5.30. The van der Waals surface area contributed by atoms with Gasteiger partial charge in [0.05, 0.1) is 10.5 Å². The van der Waals surface area contributed by atoms with Crippen LogP contribution in [-0.4, -0.2) is 40.0 Å². The minimum atomic E-state index is -3.61. The molecule has 0 bridgehead atoms. The molecular formula is C19H21FN2O5S. The monoisotopic (exact) mass is 408 g/mol. The van der Waals surface area contributed by atoms with Gasteiger partial charge >= 0.3 is 5.97 Å². The Morgan fingerprint density at radius 1 is 1.07 bits per heavy atom. The van der Waals surface area contributed by atoms with Crippen molar-refractivity contribution >= 4 is 21.9 Å². The van der Waals surface area contributed by atoms with E-state index in [9.17, 15) is 22.4 Å². The summed E-state index contributed by atoms with van der Waals surface area (Å²) in [6.45, 7) is 1.62. The van der Waals surface area contributed by atoms with E-state index >= 15 is 0 Å². The van der Waals surface area contributed by atoms with Crippen molar-refractivity contribution in [3.05, 3.63) is 65.5 Å². The number of amides is 1. The largest absolute Gasteiger partial charge is 0.452 e. The van der Waals surface area contributed by atoms with Crippen LogP contribution in [0.25, 0.3) is 0 Å². The predicted molar refractivity (Wildman–Crippen MR) is 101 cm³/mol. The van der Waals surface area contributed by atoms with Crippen LogP contribution in [0, 0.1) is 5.82 Å². The van der Waals surface area contributed by atoms with Gasteiger partial charge in [0.1, 0.15) is 5.82 Å². The fourth-order valence-electron chi connectivity index (χ4n) is 2.35. The van der Waals surface area contributed by atoms with Crippen LogP contribution in [-0.2, 0) is 26.0 Å². The number of rotatable bonds is 9. The minimum absolute atomic E-state index is 0.0248. The number of halogens is 1. The van der Waals surface area contributed by atoms with E-state index in [2.05, 4.69) is 10.0 Å². The lowest BCUT2D eigenvalue weighted by atomic mass is 10.1. The molecule has 150 valence electrons. The van der Waals surface area contributed by atoms with Crippen molar-refractivity contribution in [1.29, 1.82) is 0 Å². The molecule has 1 amide bonds. The average molecular weight is 408 g/mol. The quantitative estimate of drug-likeness (QED) is 0.614. The van der Waals surface area contributed by atoms with Gasteiger partial charge in [0.15, 0.2) is 6.61 Å². The number of hydrogen-bond acceptors (Lipinski definition) is 5. The van der Waals surface area contributed by atoms with Crippen molar-refractivity contribution < 1.29 is 27.1 Å². The molecule has 0 aliphatic carbocycles. The van der Waals surface area contributed by atoms with E-state index in [4.69, 9.17) is 4.74 Å². The molecule has 0 radical (unpaired) electrons. The summed E-state index contributed by atoms with van der Waals surface area (Å²) in [7, 11) is -3.61. The van der Waals surface area contributed by atoms with E-state index in [0.29, 0.717) is 12.0 Å². The standard InChI is InChI=1S/C19H21FN2O5S/c1-2-22-28(25,26)16-9-7-15(8-10-16)19(24)27-13-18(23)21-12-11-14-5-3-4-6-17(14)20/h3-10,22H,2,11-13H2,1H3,(H,21,23). The lowest BCUT2D eigenvalue weighted by molar-refractivity contribution is -0.124. The number of carbonyl (C=O) groups is 2. The van der Waals surface area contributed by atoms with Crippen LogP contribution in [0.2, 0.25) is 0 Å². The molecule has 28 heavy (non-hydrogen) atoms. The Bertz CT molecular complexity index is 930. The van der Waals surface area contributed by atoms with E-state index in [1.807, 2.05) is 0 Å². The van der Waals surface area contributed by atoms with Gasteiger partial charge in [0.2, 0.25) is 10.0 Å². The molecule has 0 fully saturated rings. The van der Waals surface area contributed by atoms with E-state index in [1.54, 1.807) is 25.1 Å². The van der Waals surface area contributed by atoms with Gasteiger partial charge in [0.25, 0.3) is 5.91 Å². The Balaban J connectivity index is 1.80. The fourth-order valence-corrected chi connectivity index (χ4v) is 3.39. The lowest BCUT2D eigenvalue weighted by Crippen LogP contribution is -2.30. The van der Waals surface area contributed by atoms with Crippen LogP contribution in [0.5, 0.6) is 0 Å². The maximum Gasteiger partial charge on any atom is 0.338 e. The highest BCUT2D eigenvalue weighted by Crippen LogP contribution is 2.11. The molecule has 0 spiro atoms. The van der Waals surface area contributed by atoms with Crippen LogP contribution in [0.15, 0.2) is 53.4 Å². The van der Waals surface area contributed by atoms with Gasteiger partial charge in [-0.05, 0) is 42.3 Å². The number of ether oxygens (including phenoxy) is 1. The molecule has 2 rings (SSSR count). The van der Waals surface area contributed by atoms with Gasteiger partial charge in [-0.3, -0.25) is 4.79 Å². The van der Waals surface area contributed by atoms with Crippen LogP contribution in [0.4, 0.5) is 4.39 Å². The van der Waals surface area contributed by atoms with Crippen molar-refractivity contribution in [1.82, 2.24) is 10.0 Å². The van der Waals surface area contributed by atoms with Crippen molar-refractivity contribution in [3.63, 3.8) is 0 Å². The second kappa shape index (κ2) is 9.95. The summed E-state index contributed by atoms with van der Waals surface area (Å²) in [4.78, 5) is 23.7. The summed E-state index contributed by atoms with van der Waals surface area (Å²) in [5.41, 5.74) is 0.599. The molecule has 2 aromatic rings. The second-order valence-corrected chi connectivity index (χ2v) is 7.56. The summed E-state index contributed by atoms with van der Waals surface area (Å²) >= 11 is 0. The van der Waals surface area contributed by atoms with Gasteiger partial charge in [-0.15, -0.1) is 0 Å². The molecule has 0 aliphatic rings. The second-order valence-electron chi connectivity index (χ2n) is 5.79. The summed E-state index contributed by atoms with van der Waals surface area (Å²) in [6.07, 6.45) is 0.314. The summed E-state index contributed by atoms with van der Waals surface area (Å²) < 4.78 is 44.4. The molecule has 2 aromatic carbocycles. The number of benzene rings is 2. The first-order valence-corrected chi connectivity index (χ1v) is 10.1. The molecular weight excluding hydrogens is 387 g/mol. The number of esters is 1. The van der Waals surface area contributed by atoms with Gasteiger partial charge in [0, 0.05) is 13.1 Å². The number of nitrogens with one attached hydrogen (secondary N) is 2. The molecule has 0 heterocycles. The topological polar surface area (TPSA) is 102 Å². The zero-order valence-corrected chi connectivity index (χ0v) is 16.1. The Hall–Kier alpha value is -2.78. The lowest BCUT2D eigenvalue weighted by Gasteiger charge is -2.08. The van der Waals surface area contributed by atoms with Gasteiger partial charge < -0.3 is 10.1 Å². The zero-order chi connectivity index (χ0) is 20.6. The summed E-state index contributed by atoms with van der Waals surface area (Å²) in [5, 5.41) is 2.54. The molecule has 0 aliphatic heterocycles. The first-order valence-electron chi connectivity index (χ1n) is 8.60. The van der Waals surface area contributed by atoms with E-state index in [-0.39, 0.29) is 29.4 Å². The molecule has 2 N–H and O–H groups in total. The molecule has 0 unspecified atom stereocenters. The van der Waals surface area contributed by atoms with Crippen molar-refractivity contribution in [2.24, 2.45) is 0 Å². The predicted octanol–water partition coefficient (Wildman–Crippen LogP) is 1.64. The summed E-state index contributed by atoms with van der Waals surface area (Å²) in [6, 6.07) is 11.4. The van der Waals surface area contributed by atoms with Gasteiger partial charge in [-0.1, -0.05) is 25.1 Å². The van der Waals surface area contributed by atoms with Crippen LogP contribution >= 0.6 is 0 Å². The smallest absolute Gasteiger partial charge is 0.338 e. The molecule has 0 saturated heterocycles. The third kappa shape index (κ3) is 6.14. The van der Waals surface area contributed by atoms with Crippen LogP contribution in [0.3, 0.4) is 0 Å². The number of sulfonamides is 1. The molecule has 0 saturated carbocycles. The van der Waals surface area contributed by atoms with Gasteiger partial charge in [-0.25, -0.2) is 22.3 Å². The number of carbonyl (C=O) groups excluding carboxylic acids is 2. The maximum absolute atomic E-state index is 13.5. The Kier molecular flexibility index (Phi) is 7.65. The molecule has 7 nitrogen and oxygen atoms in total. The molecule has 0 aromatic heterocycles. The maximum atomic E-state index is 13.5. The highest BCUT2D eigenvalue weighted by Gasteiger charge is 2.15. The SMILES string of the molecule is CCNS(=O)(=O)c1ccc(C(=O)OCC(=O)NCCc2ccccc2F)cc1. The first kappa shape index (κ1) is 21.5. The number of hydrogen-bond donors (Lipinski definition) is 2. The molecule has 0 atom stereocenters. The average Bonchev–Trinajstić information content (AvgIpc) is 2.67. The van der Waals surface area contributed by atoms with Gasteiger partial charge in [-0.2, -0.15) is 0 Å². The summed E-state index contributed by atoms with van der Waals surface area (Å²) in [5.74, 6) is -1.62. The van der Waals surface area contributed by atoms with Crippen LogP contribution < -0.4 is 10.0 Å². The van der Waals surface area contributed by atoms with E-state index in [1.165, 1.54) is 30.3 Å².